The van der Waals surface area contributed by atoms with E-state index in [1.165, 1.54) is 4.57 Å². The molecule has 1 saturated carbocycles. The van der Waals surface area contributed by atoms with Crippen LogP contribution < -0.4 is 11.2 Å². The van der Waals surface area contributed by atoms with Gasteiger partial charge < -0.3 is 4.57 Å². The molecule has 1 unspecified atom stereocenters. The fourth-order valence-corrected chi connectivity index (χ4v) is 6.46. The number of H-pyrrole nitrogens is 1. The average molecular weight is 589 g/mol. The first-order valence-electron chi connectivity index (χ1n) is 15.5. The Hall–Kier alpha value is -4.86. The van der Waals surface area contributed by atoms with E-state index >= 15 is 0 Å². The predicted octanol–water partition coefficient (Wildman–Crippen LogP) is 4.60. The quantitative estimate of drug-likeness (QED) is 0.241. The number of imidazole rings is 1. The van der Waals surface area contributed by atoms with Gasteiger partial charge in [-0.05, 0) is 54.4 Å². The summed E-state index contributed by atoms with van der Waals surface area (Å²) < 4.78 is 5.30. The van der Waals surface area contributed by atoms with Crippen molar-refractivity contribution >= 4 is 11.2 Å². The molecule has 7 rings (SSSR count). The minimum Gasteiger partial charge on any atom is -0.321 e. The number of nitrogens with zero attached hydrogens (tertiary/aromatic N) is 7. The normalized spacial score (nSPS) is 17.9. The highest BCUT2D eigenvalue weighted by molar-refractivity contribution is 5.72. The van der Waals surface area contributed by atoms with Crippen LogP contribution in [-0.4, -0.2) is 39.3 Å². The first kappa shape index (κ1) is 27.9. The lowest BCUT2D eigenvalue weighted by atomic mass is 9.73. The number of hydrogen-bond donors (Lipinski definition) is 1. The first-order chi connectivity index (χ1) is 21.6. The number of benzene rings is 2. The molecule has 0 aliphatic heterocycles. The molecule has 0 spiro atoms. The second kappa shape index (κ2) is 11.7. The van der Waals surface area contributed by atoms with Gasteiger partial charge >= 0.3 is 5.69 Å². The van der Waals surface area contributed by atoms with Crippen LogP contribution in [0.3, 0.4) is 0 Å². The Kier molecular flexibility index (Phi) is 7.41. The van der Waals surface area contributed by atoms with Crippen molar-refractivity contribution < 1.29 is 0 Å². The van der Waals surface area contributed by atoms with E-state index in [0.29, 0.717) is 61.8 Å². The lowest BCUT2D eigenvalue weighted by Crippen LogP contribution is -2.42. The van der Waals surface area contributed by atoms with E-state index in [1.54, 1.807) is 4.57 Å². The molecule has 44 heavy (non-hydrogen) atoms. The molecule has 0 saturated heterocycles. The number of rotatable bonds is 11. The second-order valence-corrected chi connectivity index (χ2v) is 12.0. The SMILES string of the molecule is CCCc1nc2c(c(=O)n(CC3CC3)c(=O)n2CCc2ccccc2)n1CC1(c2ccccc2-c2nn[nH]n2)C=CC=CC1. The van der Waals surface area contributed by atoms with Gasteiger partial charge in [0.2, 0.25) is 5.82 Å². The van der Waals surface area contributed by atoms with Gasteiger partial charge in [0.1, 0.15) is 5.82 Å². The second-order valence-electron chi connectivity index (χ2n) is 12.0. The lowest BCUT2D eigenvalue weighted by Gasteiger charge is -2.34. The van der Waals surface area contributed by atoms with E-state index in [2.05, 4.69) is 74.6 Å². The molecule has 5 aromatic rings. The van der Waals surface area contributed by atoms with E-state index in [0.717, 1.165) is 41.8 Å². The van der Waals surface area contributed by atoms with E-state index in [4.69, 9.17) is 4.98 Å². The highest BCUT2D eigenvalue weighted by atomic mass is 16.2. The summed E-state index contributed by atoms with van der Waals surface area (Å²) in [5, 5.41) is 15.0. The number of aromatic amines is 1. The van der Waals surface area contributed by atoms with Gasteiger partial charge in [-0.2, -0.15) is 5.21 Å². The molecule has 3 aromatic heterocycles. The van der Waals surface area contributed by atoms with Crippen LogP contribution >= 0.6 is 0 Å². The fourth-order valence-electron chi connectivity index (χ4n) is 6.46. The Bertz CT molecular complexity index is 1960. The molecular weight excluding hydrogens is 552 g/mol. The van der Waals surface area contributed by atoms with Crippen LogP contribution in [0.2, 0.25) is 0 Å². The van der Waals surface area contributed by atoms with E-state index in [9.17, 15) is 9.59 Å². The minimum atomic E-state index is -0.513. The zero-order valence-corrected chi connectivity index (χ0v) is 24.9. The Morgan fingerprint density at radius 3 is 2.50 bits per heavy atom. The van der Waals surface area contributed by atoms with Crippen molar-refractivity contribution in [3.05, 3.63) is 117 Å². The van der Waals surface area contributed by atoms with Crippen molar-refractivity contribution in [3.63, 3.8) is 0 Å². The Balaban J connectivity index is 1.42. The summed E-state index contributed by atoms with van der Waals surface area (Å²) in [7, 11) is 0. The van der Waals surface area contributed by atoms with Gasteiger partial charge in [0.15, 0.2) is 11.2 Å². The van der Waals surface area contributed by atoms with E-state index in [-0.39, 0.29) is 11.2 Å². The zero-order chi connectivity index (χ0) is 30.1. The molecule has 1 N–H and O–H groups in total. The van der Waals surface area contributed by atoms with Crippen molar-refractivity contribution in [2.45, 2.75) is 70.5 Å². The highest BCUT2D eigenvalue weighted by Gasteiger charge is 2.36. The standard InChI is InChI=1S/C34H36N8O2/c1-2-11-28-35-31-29(32(43)41(22-25-16-17-25)33(44)40(31)21-18-24-12-5-3-6-13-24)42(28)23-34(19-9-4-10-20-34)27-15-8-7-14-26(27)30-36-38-39-37-30/h3-10,12-15,19,25H,2,11,16-18,20-23H2,1H3,(H,36,37,38,39). The zero-order valence-electron chi connectivity index (χ0n) is 24.9. The first-order valence-corrected chi connectivity index (χ1v) is 15.5. The van der Waals surface area contributed by atoms with Gasteiger partial charge in [0.25, 0.3) is 5.56 Å². The summed E-state index contributed by atoms with van der Waals surface area (Å²) in [6, 6.07) is 18.3. The lowest BCUT2D eigenvalue weighted by molar-refractivity contribution is 0.442. The summed E-state index contributed by atoms with van der Waals surface area (Å²) >= 11 is 0. The van der Waals surface area contributed by atoms with Gasteiger partial charge in [-0.25, -0.2) is 9.78 Å². The van der Waals surface area contributed by atoms with Crippen molar-refractivity contribution in [2.24, 2.45) is 5.92 Å². The maximum atomic E-state index is 14.3. The molecule has 2 aliphatic rings. The number of hydrogen-bond acceptors (Lipinski definition) is 6. The van der Waals surface area contributed by atoms with Crippen LogP contribution in [0.15, 0.2) is 88.5 Å². The molecule has 10 heteroatoms. The van der Waals surface area contributed by atoms with Crippen LogP contribution in [0.5, 0.6) is 0 Å². The number of aromatic nitrogens is 8. The van der Waals surface area contributed by atoms with Crippen LogP contribution in [0, 0.1) is 5.92 Å². The fraction of sp³-hybridized carbons (Fsp3) is 0.353. The molecule has 10 nitrogen and oxygen atoms in total. The molecule has 0 radical (unpaired) electrons. The molecule has 2 aromatic carbocycles. The number of tetrazole rings is 1. The van der Waals surface area contributed by atoms with E-state index < -0.39 is 5.41 Å². The van der Waals surface area contributed by atoms with E-state index in [1.807, 2.05) is 36.4 Å². The monoisotopic (exact) mass is 588 g/mol. The van der Waals surface area contributed by atoms with Crippen LogP contribution in [0.1, 0.15) is 49.6 Å². The highest BCUT2D eigenvalue weighted by Crippen LogP contribution is 2.40. The number of nitrogens with one attached hydrogen (secondary N) is 1. The van der Waals surface area contributed by atoms with Crippen LogP contribution in [0.4, 0.5) is 0 Å². The van der Waals surface area contributed by atoms with Crippen molar-refractivity contribution in [3.8, 4) is 11.4 Å². The predicted molar refractivity (Wildman–Crippen MR) is 169 cm³/mol. The topological polar surface area (TPSA) is 116 Å². The van der Waals surface area contributed by atoms with Crippen LogP contribution in [0.25, 0.3) is 22.6 Å². The summed E-state index contributed by atoms with van der Waals surface area (Å²) in [4.78, 5) is 33.4. The maximum Gasteiger partial charge on any atom is 0.332 e. The molecule has 1 atom stereocenters. The van der Waals surface area contributed by atoms with Gasteiger partial charge in [-0.1, -0.05) is 85.8 Å². The Morgan fingerprint density at radius 2 is 1.77 bits per heavy atom. The summed E-state index contributed by atoms with van der Waals surface area (Å²) in [5.74, 6) is 1.70. The molecule has 3 heterocycles. The smallest absolute Gasteiger partial charge is 0.321 e. The van der Waals surface area contributed by atoms with Crippen molar-refractivity contribution in [1.82, 2.24) is 39.3 Å². The molecular formula is C34H36N8O2. The summed E-state index contributed by atoms with van der Waals surface area (Å²) in [6.45, 7) is 3.48. The van der Waals surface area contributed by atoms with Crippen LogP contribution in [-0.2, 0) is 37.9 Å². The van der Waals surface area contributed by atoms with Gasteiger partial charge in [-0.15, -0.1) is 10.2 Å². The minimum absolute atomic E-state index is 0.250. The average Bonchev–Trinajstić information content (AvgIpc) is 3.57. The third-order valence-corrected chi connectivity index (χ3v) is 8.91. The van der Waals surface area contributed by atoms with Gasteiger partial charge in [-0.3, -0.25) is 13.9 Å². The maximum absolute atomic E-state index is 14.3. The largest absolute Gasteiger partial charge is 0.332 e. The third kappa shape index (κ3) is 5.14. The summed E-state index contributed by atoms with van der Waals surface area (Å²) in [6.07, 6.45) is 13.5. The molecule has 0 amide bonds. The number of fused-ring (bicyclic) bond motifs is 1. The summed E-state index contributed by atoms with van der Waals surface area (Å²) in [5.41, 5.74) is 3.01. The van der Waals surface area contributed by atoms with Gasteiger partial charge in [0, 0.05) is 37.0 Å². The Morgan fingerprint density at radius 1 is 0.955 bits per heavy atom. The third-order valence-electron chi connectivity index (χ3n) is 8.91. The molecule has 1 fully saturated rings. The van der Waals surface area contributed by atoms with Crippen molar-refractivity contribution in [2.75, 3.05) is 0 Å². The number of aryl methyl sites for hydroxylation is 3. The molecule has 224 valence electrons. The van der Waals surface area contributed by atoms with Crippen molar-refractivity contribution in [1.29, 1.82) is 0 Å². The van der Waals surface area contributed by atoms with Gasteiger partial charge in [0.05, 0.1) is 0 Å². The molecule has 0 bridgehead atoms. The Labute approximate surface area is 254 Å². The molecule has 2 aliphatic carbocycles. The number of allylic oxidation sites excluding steroid dienone is 4.